The molecule has 1 N–H and O–H groups in total. The number of hydrogen-bond donors (Lipinski definition) is 1. The summed E-state index contributed by atoms with van der Waals surface area (Å²) in [6.45, 7) is 2.05. The Morgan fingerprint density at radius 2 is 2.39 bits per heavy atom. The Hall–Kier alpha value is -2.26. The minimum absolute atomic E-state index is 0.156. The van der Waals surface area contributed by atoms with Crippen molar-refractivity contribution >= 4 is 11.8 Å². The molecule has 0 saturated carbocycles. The van der Waals surface area contributed by atoms with Crippen molar-refractivity contribution in [3.05, 3.63) is 29.6 Å². The maximum Gasteiger partial charge on any atom is 0.246 e. The fourth-order valence-electron chi connectivity index (χ4n) is 1.76. The molecule has 0 radical (unpaired) electrons. The van der Waals surface area contributed by atoms with Crippen LogP contribution >= 0.6 is 0 Å². The number of carbonyl (C=O) groups is 2. The van der Waals surface area contributed by atoms with E-state index in [0.717, 1.165) is 5.56 Å². The Labute approximate surface area is 104 Å². The van der Waals surface area contributed by atoms with Crippen molar-refractivity contribution in [1.82, 2.24) is 15.2 Å². The van der Waals surface area contributed by atoms with Gasteiger partial charge in [-0.15, -0.1) is 0 Å². The molecule has 2 rings (SSSR count). The third-order valence-electron chi connectivity index (χ3n) is 2.78. The van der Waals surface area contributed by atoms with Crippen molar-refractivity contribution in [2.45, 2.75) is 19.5 Å². The fourth-order valence-corrected chi connectivity index (χ4v) is 1.76. The van der Waals surface area contributed by atoms with Gasteiger partial charge in [-0.3, -0.25) is 19.8 Å². The van der Waals surface area contributed by atoms with Crippen LogP contribution in [0.15, 0.2) is 18.3 Å². The highest BCUT2D eigenvalue weighted by Gasteiger charge is 2.30. The van der Waals surface area contributed by atoms with E-state index in [9.17, 15) is 9.59 Å². The van der Waals surface area contributed by atoms with Crippen molar-refractivity contribution in [3.63, 3.8) is 0 Å². The summed E-state index contributed by atoms with van der Waals surface area (Å²) in [6, 6.07) is 4.83. The predicted octanol–water partition coefficient (Wildman–Crippen LogP) is -0.200. The number of nitrogens with one attached hydrogen (secondary N) is 1. The van der Waals surface area contributed by atoms with Gasteiger partial charge in [0.25, 0.3) is 0 Å². The first-order valence-corrected chi connectivity index (χ1v) is 5.54. The third-order valence-corrected chi connectivity index (χ3v) is 2.78. The van der Waals surface area contributed by atoms with Crippen LogP contribution in [0, 0.1) is 11.3 Å². The first kappa shape index (κ1) is 12.2. The fraction of sp³-hybridized carbons (Fsp3) is 0.333. The molecule has 0 bridgehead atoms. The molecule has 2 amide bonds. The van der Waals surface area contributed by atoms with Gasteiger partial charge in [-0.2, -0.15) is 5.26 Å². The number of rotatable bonds is 2. The molecule has 92 valence electrons. The molecule has 0 aromatic carbocycles. The number of carbonyl (C=O) groups excluding carboxylic acids is 2. The van der Waals surface area contributed by atoms with Gasteiger partial charge >= 0.3 is 0 Å². The molecule has 1 aliphatic heterocycles. The second-order valence-corrected chi connectivity index (χ2v) is 4.08. The molecule has 1 atom stereocenters. The zero-order valence-electron chi connectivity index (χ0n) is 9.88. The topological polar surface area (TPSA) is 86.1 Å². The number of nitrogens with zero attached hydrogens (tertiary/aromatic N) is 3. The summed E-state index contributed by atoms with van der Waals surface area (Å²) in [5.41, 5.74) is 0.993. The molecular weight excluding hydrogens is 232 g/mol. The second kappa shape index (κ2) is 4.94. The standard InChI is InChI=1S/C12H12N4O2/c1-8-12(18)16(11(17)6-15-8)7-9-2-3-14-10(4-9)5-13/h2-4,8,15H,6-7H2,1H3. The highest BCUT2D eigenvalue weighted by molar-refractivity contribution is 6.00. The summed E-state index contributed by atoms with van der Waals surface area (Å²) >= 11 is 0. The number of amides is 2. The highest BCUT2D eigenvalue weighted by Crippen LogP contribution is 2.10. The maximum absolute atomic E-state index is 11.9. The van der Waals surface area contributed by atoms with Crippen molar-refractivity contribution in [3.8, 4) is 6.07 Å². The van der Waals surface area contributed by atoms with Gasteiger partial charge in [0.2, 0.25) is 11.8 Å². The van der Waals surface area contributed by atoms with E-state index in [1.165, 1.54) is 11.1 Å². The minimum atomic E-state index is -0.361. The Morgan fingerprint density at radius 3 is 3.11 bits per heavy atom. The van der Waals surface area contributed by atoms with Crippen LogP contribution < -0.4 is 5.32 Å². The van der Waals surface area contributed by atoms with E-state index in [2.05, 4.69) is 10.3 Å². The predicted molar refractivity (Wildman–Crippen MR) is 62.0 cm³/mol. The lowest BCUT2D eigenvalue weighted by molar-refractivity contribution is -0.149. The Kier molecular flexibility index (Phi) is 3.35. The van der Waals surface area contributed by atoms with E-state index in [1.807, 2.05) is 6.07 Å². The molecule has 6 heteroatoms. The van der Waals surface area contributed by atoms with Gasteiger partial charge in [0, 0.05) is 6.20 Å². The Morgan fingerprint density at radius 1 is 1.61 bits per heavy atom. The summed E-state index contributed by atoms with van der Waals surface area (Å²) < 4.78 is 0. The van der Waals surface area contributed by atoms with E-state index in [0.29, 0.717) is 0 Å². The van der Waals surface area contributed by atoms with E-state index >= 15 is 0 Å². The largest absolute Gasteiger partial charge is 0.298 e. The van der Waals surface area contributed by atoms with Crippen molar-refractivity contribution in [2.24, 2.45) is 0 Å². The van der Waals surface area contributed by atoms with Crippen LogP contribution in [0.4, 0.5) is 0 Å². The second-order valence-electron chi connectivity index (χ2n) is 4.08. The monoisotopic (exact) mass is 244 g/mol. The molecule has 1 aromatic rings. The lowest BCUT2D eigenvalue weighted by atomic mass is 10.1. The molecule has 1 saturated heterocycles. The quantitative estimate of drug-likeness (QED) is 0.728. The number of aromatic nitrogens is 1. The summed E-state index contributed by atoms with van der Waals surface area (Å²) in [6.07, 6.45) is 1.49. The first-order valence-electron chi connectivity index (χ1n) is 5.54. The smallest absolute Gasteiger partial charge is 0.246 e. The van der Waals surface area contributed by atoms with Crippen LogP contribution in [0.3, 0.4) is 0 Å². The van der Waals surface area contributed by atoms with Gasteiger partial charge in [-0.1, -0.05) is 0 Å². The van der Waals surface area contributed by atoms with Gasteiger partial charge in [0.15, 0.2) is 0 Å². The molecule has 1 aliphatic rings. The zero-order chi connectivity index (χ0) is 13.1. The Bertz CT molecular complexity index is 535. The van der Waals surface area contributed by atoms with Crippen molar-refractivity contribution < 1.29 is 9.59 Å². The maximum atomic E-state index is 11.9. The lowest BCUT2D eigenvalue weighted by Crippen LogP contribution is -2.56. The molecule has 1 fully saturated rings. The number of pyridine rings is 1. The van der Waals surface area contributed by atoms with Crippen LogP contribution in [-0.4, -0.2) is 34.3 Å². The first-order chi connectivity index (χ1) is 8.61. The number of hydrogen-bond acceptors (Lipinski definition) is 5. The molecule has 2 heterocycles. The van der Waals surface area contributed by atoms with Crippen LogP contribution in [-0.2, 0) is 16.1 Å². The summed E-state index contributed by atoms with van der Waals surface area (Å²) in [4.78, 5) is 28.6. The average Bonchev–Trinajstić information content (AvgIpc) is 2.39. The van der Waals surface area contributed by atoms with Gasteiger partial charge in [0.05, 0.1) is 19.1 Å². The summed E-state index contributed by atoms with van der Waals surface area (Å²) in [5, 5.41) is 11.6. The molecule has 1 aromatic heterocycles. The van der Waals surface area contributed by atoms with Crippen molar-refractivity contribution in [2.75, 3.05) is 6.54 Å². The molecule has 1 unspecified atom stereocenters. The summed E-state index contributed by atoms with van der Waals surface area (Å²) in [7, 11) is 0. The van der Waals surface area contributed by atoms with Gasteiger partial charge in [-0.05, 0) is 24.6 Å². The minimum Gasteiger partial charge on any atom is -0.298 e. The van der Waals surface area contributed by atoms with E-state index < -0.39 is 0 Å². The Balaban J connectivity index is 2.19. The van der Waals surface area contributed by atoms with Crippen LogP contribution in [0.25, 0.3) is 0 Å². The van der Waals surface area contributed by atoms with Crippen LogP contribution in [0.1, 0.15) is 18.2 Å². The van der Waals surface area contributed by atoms with Crippen molar-refractivity contribution in [1.29, 1.82) is 5.26 Å². The van der Waals surface area contributed by atoms with E-state index in [4.69, 9.17) is 5.26 Å². The average molecular weight is 244 g/mol. The zero-order valence-corrected chi connectivity index (χ0v) is 9.88. The van der Waals surface area contributed by atoms with E-state index in [1.54, 1.807) is 19.1 Å². The normalized spacial score (nSPS) is 19.8. The molecule has 0 aliphatic carbocycles. The van der Waals surface area contributed by atoms with Gasteiger partial charge in [0.1, 0.15) is 11.8 Å². The molecule has 18 heavy (non-hydrogen) atoms. The number of imide groups is 1. The lowest BCUT2D eigenvalue weighted by Gasteiger charge is -2.29. The SMILES string of the molecule is CC1NCC(=O)N(Cc2ccnc(C#N)c2)C1=O. The van der Waals surface area contributed by atoms with Crippen LogP contribution in [0.5, 0.6) is 0 Å². The number of piperazine rings is 1. The molecular formula is C12H12N4O2. The third kappa shape index (κ3) is 2.36. The molecule has 6 nitrogen and oxygen atoms in total. The van der Waals surface area contributed by atoms with E-state index in [-0.39, 0.29) is 36.6 Å². The van der Waals surface area contributed by atoms with Gasteiger partial charge < -0.3 is 0 Å². The van der Waals surface area contributed by atoms with Gasteiger partial charge in [-0.25, -0.2) is 4.98 Å². The number of nitriles is 1. The molecule has 0 spiro atoms. The highest BCUT2D eigenvalue weighted by atomic mass is 16.2. The summed E-state index contributed by atoms with van der Waals surface area (Å²) in [5.74, 6) is -0.505. The van der Waals surface area contributed by atoms with Crippen LogP contribution in [0.2, 0.25) is 0 Å².